The van der Waals surface area contributed by atoms with Crippen molar-refractivity contribution < 1.29 is 57.1 Å². The molecule has 7 N–H and O–H groups in total. The average molecular weight is 714 g/mol. The lowest BCUT2D eigenvalue weighted by Crippen LogP contribution is -2.57. The van der Waals surface area contributed by atoms with Crippen LogP contribution in [0.1, 0.15) is 36.3 Å². The summed E-state index contributed by atoms with van der Waals surface area (Å²) in [5.41, 5.74) is -1.82. The fraction of sp³-hybridized carbons (Fsp3) is 0.519. The monoisotopic (exact) mass is 714 g/mol. The first-order valence-electron chi connectivity index (χ1n) is 15.0. The number of amides is 3. The van der Waals surface area contributed by atoms with E-state index in [4.69, 9.17) is 33.6 Å². The maximum Gasteiger partial charge on any atom is 0.480 e. The molecule has 3 rings (SSSR count). The van der Waals surface area contributed by atoms with Gasteiger partial charge in [0.25, 0.3) is 5.91 Å². The van der Waals surface area contributed by atoms with Crippen molar-refractivity contribution in [3.05, 3.63) is 60.2 Å². The lowest BCUT2D eigenvalue weighted by atomic mass is 9.73. The second-order valence-corrected chi connectivity index (χ2v) is 15.1. The molecule has 1 saturated heterocycles. The van der Waals surface area contributed by atoms with Crippen LogP contribution in [0, 0.1) is 5.92 Å². The van der Waals surface area contributed by atoms with Gasteiger partial charge in [0.1, 0.15) is 18.3 Å². The summed E-state index contributed by atoms with van der Waals surface area (Å²) < 4.78 is 39.6. The first-order chi connectivity index (χ1) is 22.6. The van der Waals surface area contributed by atoms with E-state index in [1.807, 2.05) is 49.1 Å². The van der Waals surface area contributed by atoms with Crippen molar-refractivity contribution in [1.29, 1.82) is 0 Å². The highest BCUT2D eigenvalue weighted by atomic mass is 31.2. The van der Waals surface area contributed by atoms with Crippen LogP contribution in [0.5, 0.6) is 0 Å². The number of aromatic nitrogens is 2. The third-order valence-corrected chi connectivity index (χ3v) is 10.3. The number of nitrogens with zero attached hydrogens (tertiary/aromatic N) is 3. The predicted molar refractivity (Wildman–Crippen MR) is 171 cm³/mol. The van der Waals surface area contributed by atoms with E-state index in [1.54, 1.807) is 0 Å². The topological polar surface area (TPSA) is 259 Å². The van der Waals surface area contributed by atoms with Crippen molar-refractivity contribution in [3.63, 3.8) is 0 Å². The second kappa shape index (κ2) is 18.5. The molecule has 0 spiro atoms. The molecule has 0 unspecified atom stereocenters. The predicted octanol–water partition coefficient (Wildman–Crippen LogP) is 0.0900. The molecule has 1 fully saturated rings. The van der Waals surface area contributed by atoms with Crippen LogP contribution in [-0.4, -0.2) is 116 Å². The highest BCUT2D eigenvalue weighted by Crippen LogP contribution is 2.58. The van der Waals surface area contributed by atoms with Gasteiger partial charge in [-0.1, -0.05) is 44.2 Å². The molecule has 1 aliphatic rings. The van der Waals surface area contributed by atoms with Crippen LogP contribution in [-0.2, 0) is 34.4 Å². The maximum absolute atomic E-state index is 13.7. The van der Waals surface area contributed by atoms with E-state index in [-0.39, 0.29) is 44.4 Å². The molecule has 0 aliphatic carbocycles. The zero-order valence-corrected chi connectivity index (χ0v) is 28.2. The highest BCUT2D eigenvalue weighted by Gasteiger charge is 2.45. The largest absolute Gasteiger partial charge is 0.480 e. The molecule has 2 heterocycles. The molecule has 1 aromatic carbocycles. The SMILES string of the molecule is CC(C)C[C@@H](NC(=O)[C@@H](Cc1ccccc1)NC(=O)c1cnccn1)B1OCCN(CCOC(=O)NC(P(=O)(O)O)P(=O)(O)O)CCO1. The van der Waals surface area contributed by atoms with Crippen LogP contribution < -0.4 is 16.0 Å². The third-order valence-electron chi connectivity index (χ3n) is 6.99. The van der Waals surface area contributed by atoms with E-state index in [1.165, 1.54) is 23.9 Å². The molecule has 21 heteroatoms. The standard InChI is InChI=1S/C27H41BN6O12P2/c1-19(2)16-23(32-24(35)21(17-20-6-4-3-5-7-20)31-25(36)22-18-29-8-9-30-22)28-45-14-11-34(12-15-46-28)10-13-44-26(37)33-27(47(38,39)40)48(41,42)43/h3-9,18-19,21,23,27H,10-17H2,1-2H3,(H,31,36)(H,32,35)(H,33,37)(H2,38,39,40)(H2,41,42,43)/t21-,23-/m1/s1. The molecular formula is C27H41BN6O12P2. The minimum absolute atomic E-state index is 0.0656. The van der Waals surface area contributed by atoms with E-state index < -0.39 is 57.7 Å². The summed E-state index contributed by atoms with van der Waals surface area (Å²) >= 11 is 0. The van der Waals surface area contributed by atoms with E-state index >= 15 is 0 Å². The van der Waals surface area contributed by atoms with Crippen molar-refractivity contribution in [2.45, 2.75) is 44.2 Å². The van der Waals surface area contributed by atoms with Gasteiger partial charge in [-0.2, -0.15) is 0 Å². The normalized spacial score (nSPS) is 16.0. The van der Waals surface area contributed by atoms with Gasteiger partial charge >= 0.3 is 28.4 Å². The Hall–Kier alpha value is -3.25. The van der Waals surface area contributed by atoms with Crippen molar-refractivity contribution in [2.24, 2.45) is 5.92 Å². The van der Waals surface area contributed by atoms with E-state index in [2.05, 4.69) is 20.6 Å². The van der Waals surface area contributed by atoms with Crippen LogP contribution >= 0.6 is 15.2 Å². The molecule has 1 aromatic heterocycles. The highest BCUT2D eigenvalue weighted by molar-refractivity contribution is 7.70. The summed E-state index contributed by atoms with van der Waals surface area (Å²) in [7, 11) is -11.5. The Bertz CT molecular complexity index is 1400. The van der Waals surface area contributed by atoms with Crippen LogP contribution in [0.2, 0.25) is 0 Å². The molecule has 2 atom stereocenters. The molecule has 0 saturated carbocycles. The van der Waals surface area contributed by atoms with Gasteiger partial charge in [-0.05, 0) is 17.9 Å². The minimum atomic E-state index is -5.36. The average Bonchev–Trinajstić information content (AvgIpc) is 2.99. The van der Waals surface area contributed by atoms with Gasteiger partial charge in [-0.15, -0.1) is 0 Å². The molecule has 18 nitrogen and oxygen atoms in total. The fourth-order valence-corrected chi connectivity index (χ4v) is 6.84. The molecule has 0 bridgehead atoms. The van der Waals surface area contributed by atoms with Crippen molar-refractivity contribution >= 4 is 40.2 Å². The van der Waals surface area contributed by atoms with Gasteiger partial charge in [0.2, 0.25) is 11.4 Å². The molecule has 3 amide bonds. The molecule has 1 aliphatic heterocycles. The number of hydrogen-bond acceptors (Lipinski definition) is 11. The first-order valence-corrected chi connectivity index (χ1v) is 18.4. The van der Waals surface area contributed by atoms with Gasteiger partial charge in [-0.25, -0.2) is 9.78 Å². The summed E-state index contributed by atoms with van der Waals surface area (Å²) in [4.78, 5) is 84.9. The number of rotatable bonds is 15. The number of hydrogen-bond donors (Lipinski definition) is 7. The van der Waals surface area contributed by atoms with E-state index in [0.29, 0.717) is 19.5 Å². The third kappa shape index (κ3) is 13.3. The van der Waals surface area contributed by atoms with Gasteiger partial charge in [-0.3, -0.25) is 33.9 Å². The Morgan fingerprint density at radius 1 is 0.979 bits per heavy atom. The van der Waals surface area contributed by atoms with E-state index in [0.717, 1.165) is 5.56 Å². The van der Waals surface area contributed by atoms with Gasteiger partial charge < -0.3 is 44.3 Å². The maximum atomic E-state index is 13.7. The van der Waals surface area contributed by atoms with Gasteiger partial charge in [0.05, 0.1) is 12.1 Å². The zero-order chi connectivity index (χ0) is 35.3. The summed E-state index contributed by atoms with van der Waals surface area (Å²) in [6, 6.07) is 8.29. The second-order valence-electron chi connectivity index (χ2n) is 11.3. The number of carbonyl (C=O) groups excluding carboxylic acids is 3. The quantitative estimate of drug-likeness (QED) is 0.0953. The van der Waals surface area contributed by atoms with Crippen LogP contribution in [0.15, 0.2) is 48.9 Å². The van der Waals surface area contributed by atoms with Crippen LogP contribution in [0.3, 0.4) is 0 Å². The smallest absolute Gasteiger partial charge is 0.448 e. The summed E-state index contributed by atoms with van der Waals surface area (Å²) in [6.07, 6.45) is 3.44. The lowest BCUT2D eigenvalue weighted by molar-refractivity contribution is -0.123. The Balaban J connectivity index is 1.58. The van der Waals surface area contributed by atoms with Crippen LogP contribution in [0.25, 0.3) is 0 Å². The summed E-state index contributed by atoms with van der Waals surface area (Å²) in [6.45, 7) is 4.92. The number of ether oxygens (including phenoxy) is 1. The molecule has 48 heavy (non-hydrogen) atoms. The minimum Gasteiger partial charge on any atom is -0.448 e. The number of alkyl carbamates (subject to hydrolysis) is 1. The Morgan fingerprint density at radius 2 is 1.62 bits per heavy atom. The zero-order valence-electron chi connectivity index (χ0n) is 26.5. The van der Waals surface area contributed by atoms with Crippen molar-refractivity contribution in [2.75, 3.05) is 39.5 Å². The summed E-state index contributed by atoms with van der Waals surface area (Å²) in [5, 5.41) is 7.30. The fourth-order valence-electron chi connectivity index (χ4n) is 4.73. The molecule has 264 valence electrons. The number of carbonyl (C=O) groups is 3. The molecule has 0 radical (unpaired) electrons. The Kier molecular flexibility index (Phi) is 15.1. The van der Waals surface area contributed by atoms with Crippen LogP contribution in [0.4, 0.5) is 4.79 Å². The van der Waals surface area contributed by atoms with Crippen molar-refractivity contribution in [3.8, 4) is 0 Å². The lowest BCUT2D eigenvalue weighted by Gasteiger charge is -2.32. The van der Waals surface area contributed by atoms with Gasteiger partial charge in [0, 0.05) is 51.7 Å². The molecular weight excluding hydrogens is 673 g/mol. The molecule has 2 aromatic rings. The Morgan fingerprint density at radius 3 is 2.19 bits per heavy atom. The first kappa shape index (κ1) is 39.2. The number of nitrogens with one attached hydrogen (secondary N) is 3. The van der Waals surface area contributed by atoms with E-state index in [9.17, 15) is 23.5 Å². The van der Waals surface area contributed by atoms with Gasteiger partial charge in [0.15, 0.2) is 0 Å². The van der Waals surface area contributed by atoms with Crippen molar-refractivity contribution in [1.82, 2.24) is 30.8 Å². The summed E-state index contributed by atoms with van der Waals surface area (Å²) in [5.74, 6) is -1.42. The Labute approximate surface area is 277 Å². The number of benzene rings is 1.